The van der Waals surface area contributed by atoms with Gasteiger partial charge in [0.1, 0.15) is 6.61 Å². The SMILES string of the molecule is O=C(OCc1ccccc1)C1C=C(c2ccncc2)CCC1. The van der Waals surface area contributed by atoms with Crippen molar-refractivity contribution in [2.24, 2.45) is 5.92 Å². The Hall–Kier alpha value is -2.42. The molecular formula is C19H19NO2. The number of nitrogens with zero attached hydrogens (tertiary/aromatic N) is 1. The summed E-state index contributed by atoms with van der Waals surface area (Å²) in [6.07, 6.45) is 8.52. The summed E-state index contributed by atoms with van der Waals surface area (Å²) in [5, 5.41) is 0. The van der Waals surface area contributed by atoms with E-state index in [-0.39, 0.29) is 11.9 Å². The fraction of sp³-hybridized carbons (Fsp3) is 0.263. The van der Waals surface area contributed by atoms with E-state index >= 15 is 0 Å². The summed E-state index contributed by atoms with van der Waals surface area (Å²) in [7, 11) is 0. The Morgan fingerprint density at radius 3 is 2.68 bits per heavy atom. The zero-order valence-electron chi connectivity index (χ0n) is 12.4. The highest BCUT2D eigenvalue weighted by molar-refractivity contribution is 5.79. The van der Waals surface area contributed by atoms with Gasteiger partial charge in [0.15, 0.2) is 0 Å². The van der Waals surface area contributed by atoms with Crippen LogP contribution in [0.2, 0.25) is 0 Å². The molecule has 1 aliphatic rings. The second-order valence-electron chi connectivity index (χ2n) is 5.52. The largest absolute Gasteiger partial charge is 0.460 e. The summed E-state index contributed by atoms with van der Waals surface area (Å²) in [6, 6.07) is 13.8. The normalized spacial score (nSPS) is 17.6. The van der Waals surface area contributed by atoms with E-state index in [0.717, 1.165) is 30.4 Å². The van der Waals surface area contributed by atoms with Crippen molar-refractivity contribution < 1.29 is 9.53 Å². The quantitative estimate of drug-likeness (QED) is 0.800. The molecule has 3 rings (SSSR count). The molecule has 1 aromatic carbocycles. The second kappa shape index (κ2) is 7.03. The van der Waals surface area contributed by atoms with Crippen molar-refractivity contribution in [3.63, 3.8) is 0 Å². The number of hydrogen-bond donors (Lipinski definition) is 0. The smallest absolute Gasteiger partial charge is 0.313 e. The molecule has 112 valence electrons. The molecular weight excluding hydrogens is 274 g/mol. The number of allylic oxidation sites excluding steroid dienone is 1. The summed E-state index contributed by atoms with van der Waals surface area (Å²) in [4.78, 5) is 16.3. The predicted octanol–water partition coefficient (Wildman–Crippen LogP) is 4.01. The molecule has 0 aliphatic heterocycles. The molecule has 1 unspecified atom stereocenters. The lowest BCUT2D eigenvalue weighted by Crippen LogP contribution is -2.18. The number of rotatable bonds is 4. The molecule has 3 heteroatoms. The zero-order valence-corrected chi connectivity index (χ0v) is 12.4. The number of hydrogen-bond acceptors (Lipinski definition) is 3. The van der Waals surface area contributed by atoms with Crippen LogP contribution in [0.25, 0.3) is 5.57 Å². The molecule has 22 heavy (non-hydrogen) atoms. The Balaban J connectivity index is 1.65. The Kier molecular flexibility index (Phi) is 4.64. The van der Waals surface area contributed by atoms with Crippen LogP contribution in [0.1, 0.15) is 30.4 Å². The molecule has 0 radical (unpaired) electrons. The molecule has 0 saturated heterocycles. The first-order valence-corrected chi connectivity index (χ1v) is 7.64. The van der Waals surface area contributed by atoms with Crippen LogP contribution in [-0.2, 0) is 16.1 Å². The minimum absolute atomic E-state index is 0.130. The van der Waals surface area contributed by atoms with Crippen molar-refractivity contribution in [1.29, 1.82) is 0 Å². The predicted molar refractivity (Wildman–Crippen MR) is 85.8 cm³/mol. The van der Waals surface area contributed by atoms with E-state index in [0.29, 0.717) is 6.61 Å². The average Bonchev–Trinajstić information content (AvgIpc) is 2.61. The Labute approximate surface area is 130 Å². The number of pyridine rings is 1. The molecule has 0 amide bonds. The summed E-state index contributed by atoms with van der Waals surface area (Å²) >= 11 is 0. The first-order valence-electron chi connectivity index (χ1n) is 7.64. The first kappa shape index (κ1) is 14.5. The van der Waals surface area contributed by atoms with Crippen LogP contribution < -0.4 is 0 Å². The van der Waals surface area contributed by atoms with Crippen molar-refractivity contribution in [2.45, 2.75) is 25.9 Å². The van der Waals surface area contributed by atoms with E-state index in [1.165, 1.54) is 5.57 Å². The van der Waals surface area contributed by atoms with Crippen LogP contribution in [0.5, 0.6) is 0 Å². The number of esters is 1. The molecule has 0 spiro atoms. The van der Waals surface area contributed by atoms with Gasteiger partial charge in [0.25, 0.3) is 0 Å². The Bertz CT molecular complexity index is 650. The average molecular weight is 293 g/mol. The van der Waals surface area contributed by atoms with Crippen LogP contribution in [0.4, 0.5) is 0 Å². The fourth-order valence-corrected chi connectivity index (χ4v) is 2.75. The van der Waals surface area contributed by atoms with E-state index in [2.05, 4.69) is 11.1 Å². The Morgan fingerprint density at radius 1 is 1.14 bits per heavy atom. The molecule has 2 aromatic rings. The van der Waals surface area contributed by atoms with E-state index < -0.39 is 0 Å². The highest BCUT2D eigenvalue weighted by Crippen LogP contribution is 2.30. The second-order valence-corrected chi connectivity index (χ2v) is 5.52. The van der Waals surface area contributed by atoms with E-state index in [1.807, 2.05) is 42.5 Å². The van der Waals surface area contributed by atoms with E-state index in [1.54, 1.807) is 12.4 Å². The monoisotopic (exact) mass is 293 g/mol. The fourth-order valence-electron chi connectivity index (χ4n) is 2.75. The zero-order chi connectivity index (χ0) is 15.2. The molecule has 0 bridgehead atoms. The molecule has 0 fully saturated rings. The van der Waals surface area contributed by atoms with Gasteiger partial charge >= 0.3 is 5.97 Å². The highest BCUT2D eigenvalue weighted by Gasteiger charge is 2.22. The maximum Gasteiger partial charge on any atom is 0.313 e. The van der Waals surface area contributed by atoms with Gasteiger partial charge in [-0.05, 0) is 48.1 Å². The van der Waals surface area contributed by atoms with Gasteiger partial charge in [0.05, 0.1) is 5.92 Å². The van der Waals surface area contributed by atoms with Gasteiger partial charge in [-0.1, -0.05) is 36.4 Å². The number of ether oxygens (including phenoxy) is 1. The minimum Gasteiger partial charge on any atom is -0.460 e. The topological polar surface area (TPSA) is 39.2 Å². The van der Waals surface area contributed by atoms with Crippen molar-refractivity contribution in [2.75, 3.05) is 0 Å². The van der Waals surface area contributed by atoms with Crippen molar-refractivity contribution in [3.05, 3.63) is 72.1 Å². The van der Waals surface area contributed by atoms with Gasteiger partial charge in [-0.3, -0.25) is 9.78 Å². The standard InChI is InChI=1S/C19H19NO2/c21-19(22-14-15-5-2-1-3-6-15)18-8-4-7-17(13-18)16-9-11-20-12-10-16/h1-3,5-6,9-13,18H,4,7-8,14H2. The van der Waals surface area contributed by atoms with Crippen molar-refractivity contribution in [3.8, 4) is 0 Å². The summed E-state index contributed by atoms with van der Waals surface area (Å²) in [6.45, 7) is 0.342. The van der Waals surface area contributed by atoms with Crippen LogP contribution >= 0.6 is 0 Å². The third-order valence-corrected chi connectivity index (χ3v) is 3.94. The molecule has 1 aliphatic carbocycles. The van der Waals surface area contributed by atoms with E-state index in [4.69, 9.17) is 4.74 Å². The first-order chi connectivity index (χ1) is 10.8. The molecule has 0 N–H and O–H groups in total. The molecule has 1 atom stereocenters. The summed E-state index contributed by atoms with van der Waals surface area (Å²) in [5.41, 5.74) is 3.39. The lowest BCUT2D eigenvalue weighted by Gasteiger charge is -2.20. The van der Waals surface area contributed by atoms with Gasteiger partial charge in [0, 0.05) is 12.4 Å². The summed E-state index contributed by atoms with van der Waals surface area (Å²) < 4.78 is 5.46. The molecule has 1 aromatic heterocycles. The van der Waals surface area contributed by atoms with Crippen LogP contribution in [-0.4, -0.2) is 11.0 Å². The maximum atomic E-state index is 12.3. The minimum atomic E-state index is -0.138. The highest BCUT2D eigenvalue weighted by atomic mass is 16.5. The maximum absolute atomic E-state index is 12.3. The van der Waals surface area contributed by atoms with Gasteiger partial charge < -0.3 is 4.74 Å². The van der Waals surface area contributed by atoms with Crippen LogP contribution in [0.3, 0.4) is 0 Å². The van der Waals surface area contributed by atoms with Gasteiger partial charge in [-0.15, -0.1) is 0 Å². The molecule has 0 saturated carbocycles. The lowest BCUT2D eigenvalue weighted by molar-refractivity contribution is -0.148. The van der Waals surface area contributed by atoms with Crippen molar-refractivity contribution >= 4 is 11.5 Å². The Morgan fingerprint density at radius 2 is 1.91 bits per heavy atom. The van der Waals surface area contributed by atoms with Crippen LogP contribution in [0, 0.1) is 5.92 Å². The third kappa shape index (κ3) is 3.61. The van der Waals surface area contributed by atoms with Crippen molar-refractivity contribution in [1.82, 2.24) is 4.98 Å². The van der Waals surface area contributed by atoms with Gasteiger partial charge in [-0.2, -0.15) is 0 Å². The van der Waals surface area contributed by atoms with Gasteiger partial charge in [-0.25, -0.2) is 0 Å². The number of carbonyl (C=O) groups is 1. The van der Waals surface area contributed by atoms with E-state index in [9.17, 15) is 4.79 Å². The lowest BCUT2D eigenvalue weighted by atomic mass is 9.87. The third-order valence-electron chi connectivity index (χ3n) is 3.94. The number of aromatic nitrogens is 1. The van der Waals surface area contributed by atoms with Crippen LogP contribution in [0.15, 0.2) is 60.9 Å². The molecule has 1 heterocycles. The number of carbonyl (C=O) groups excluding carboxylic acids is 1. The summed E-state index contributed by atoms with van der Waals surface area (Å²) in [5.74, 6) is -0.268. The van der Waals surface area contributed by atoms with Gasteiger partial charge in [0.2, 0.25) is 0 Å². The number of benzene rings is 1. The molecule has 3 nitrogen and oxygen atoms in total.